The van der Waals surface area contributed by atoms with Crippen LogP contribution in [0.4, 0.5) is 0 Å². The van der Waals surface area contributed by atoms with Crippen LogP contribution < -0.4 is 11.1 Å². The topological polar surface area (TPSA) is 150 Å². The number of phenolic OH excluding ortho intramolecular Hbond substituents is 1. The van der Waals surface area contributed by atoms with Crippen LogP contribution in [0.5, 0.6) is 5.75 Å². The molecule has 0 aliphatic heterocycles. The average molecular weight is 320 g/mol. The summed E-state index contributed by atoms with van der Waals surface area (Å²) in [7, 11) is 0. The fraction of sp³-hybridized carbons (Fsp3) is 0.400. The van der Waals surface area contributed by atoms with E-state index in [0.29, 0.717) is 0 Å². The highest BCUT2D eigenvalue weighted by Crippen LogP contribution is 2.61. The number of aromatic hydroxyl groups is 1. The lowest BCUT2D eigenvalue weighted by Gasteiger charge is -2.25. The highest BCUT2D eigenvalue weighted by atomic mass is 16.4. The molecule has 2 saturated carbocycles. The van der Waals surface area contributed by atoms with Crippen molar-refractivity contribution in [1.29, 1.82) is 0 Å². The van der Waals surface area contributed by atoms with Gasteiger partial charge >= 0.3 is 11.9 Å². The van der Waals surface area contributed by atoms with Crippen LogP contribution in [-0.4, -0.2) is 44.7 Å². The van der Waals surface area contributed by atoms with Gasteiger partial charge in [0.1, 0.15) is 11.3 Å². The van der Waals surface area contributed by atoms with Crippen LogP contribution in [0.1, 0.15) is 16.8 Å². The van der Waals surface area contributed by atoms with Crippen molar-refractivity contribution >= 4 is 17.8 Å². The fourth-order valence-corrected chi connectivity index (χ4v) is 3.69. The van der Waals surface area contributed by atoms with Crippen LogP contribution in [-0.2, 0) is 9.59 Å². The largest absolute Gasteiger partial charge is 0.508 e. The Morgan fingerprint density at radius 3 is 2.30 bits per heavy atom. The van der Waals surface area contributed by atoms with Crippen molar-refractivity contribution in [2.75, 3.05) is 0 Å². The number of carbonyl (C=O) groups excluding carboxylic acids is 1. The summed E-state index contributed by atoms with van der Waals surface area (Å²) in [6.07, 6.45) is -0.00866. The second-order valence-corrected chi connectivity index (χ2v) is 6.14. The lowest BCUT2D eigenvalue weighted by atomic mass is 9.90. The van der Waals surface area contributed by atoms with Gasteiger partial charge in [-0.05, 0) is 36.6 Å². The van der Waals surface area contributed by atoms with Crippen molar-refractivity contribution in [3.8, 4) is 5.75 Å². The second kappa shape index (κ2) is 4.95. The number of carboxylic acids is 2. The van der Waals surface area contributed by atoms with Gasteiger partial charge in [0.25, 0.3) is 5.91 Å². The SMILES string of the molecule is NC1(C(=O)O)CC(NC(=O)c2ccc(O)cc2)C2C(C(=O)O)C21. The number of phenols is 1. The molecule has 0 aromatic heterocycles. The smallest absolute Gasteiger partial charge is 0.324 e. The molecule has 6 N–H and O–H groups in total. The van der Waals surface area contributed by atoms with Crippen molar-refractivity contribution < 1.29 is 29.7 Å². The minimum Gasteiger partial charge on any atom is -0.508 e. The fourth-order valence-electron chi connectivity index (χ4n) is 3.69. The number of fused-ring (bicyclic) bond motifs is 1. The lowest BCUT2D eigenvalue weighted by molar-refractivity contribution is -0.145. The molecular formula is C15H16N2O6. The molecule has 2 aliphatic carbocycles. The van der Waals surface area contributed by atoms with Gasteiger partial charge in [0, 0.05) is 17.5 Å². The molecule has 122 valence electrons. The molecule has 1 aromatic carbocycles. The molecule has 0 bridgehead atoms. The Morgan fingerprint density at radius 1 is 1.17 bits per heavy atom. The zero-order valence-electron chi connectivity index (χ0n) is 12.0. The monoisotopic (exact) mass is 320 g/mol. The molecule has 1 aromatic rings. The number of hydrogen-bond acceptors (Lipinski definition) is 5. The van der Waals surface area contributed by atoms with Gasteiger partial charge in [-0.1, -0.05) is 0 Å². The van der Waals surface area contributed by atoms with Crippen LogP contribution >= 0.6 is 0 Å². The third-order valence-corrected chi connectivity index (χ3v) is 4.82. The first-order chi connectivity index (χ1) is 10.8. The first kappa shape index (κ1) is 15.3. The van der Waals surface area contributed by atoms with E-state index >= 15 is 0 Å². The molecule has 2 fully saturated rings. The van der Waals surface area contributed by atoms with Gasteiger partial charge in [0.05, 0.1) is 5.92 Å². The Bertz CT molecular complexity index is 688. The van der Waals surface area contributed by atoms with Crippen molar-refractivity contribution in [2.24, 2.45) is 23.5 Å². The molecule has 1 amide bonds. The molecule has 5 atom stereocenters. The molecular weight excluding hydrogens is 304 g/mol. The number of hydrogen-bond donors (Lipinski definition) is 5. The van der Waals surface area contributed by atoms with Crippen molar-refractivity contribution in [3.05, 3.63) is 29.8 Å². The number of amides is 1. The number of carbonyl (C=O) groups is 3. The average Bonchev–Trinajstić information content (AvgIpc) is 3.16. The summed E-state index contributed by atoms with van der Waals surface area (Å²) < 4.78 is 0. The van der Waals surface area contributed by atoms with Crippen molar-refractivity contribution in [3.63, 3.8) is 0 Å². The minimum absolute atomic E-state index is 0.00866. The molecule has 0 heterocycles. The first-order valence-corrected chi connectivity index (χ1v) is 7.10. The summed E-state index contributed by atoms with van der Waals surface area (Å²) in [5.74, 6) is -4.80. The van der Waals surface area contributed by atoms with Crippen LogP contribution in [0.2, 0.25) is 0 Å². The number of nitrogens with one attached hydrogen (secondary N) is 1. The van der Waals surface area contributed by atoms with Gasteiger partial charge in [0.2, 0.25) is 0 Å². The van der Waals surface area contributed by atoms with Crippen LogP contribution in [0, 0.1) is 17.8 Å². The molecule has 0 radical (unpaired) electrons. The van der Waals surface area contributed by atoms with Gasteiger partial charge in [-0.3, -0.25) is 14.4 Å². The van der Waals surface area contributed by atoms with Crippen molar-refractivity contribution in [1.82, 2.24) is 5.32 Å². The number of aliphatic carboxylic acids is 2. The Labute approximate surface area is 130 Å². The predicted molar refractivity (Wildman–Crippen MR) is 76.6 cm³/mol. The van der Waals surface area contributed by atoms with E-state index in [1.54, 1.807) is 0 Å². The third-order valence-electron chi connectivity index (χ3n) is 4.82. The minimum atomic E-state index is -1.64. The van der Waals surface area contributed by atoms with E-state index in [2.05, 4.69) is 5.32 Å². The Kier molecular flexibility index (Phi) is 3.29. The van der Waals surface area contributed by atoms with Gasteiger partial charge in [0.15, 0.2) is 0 Å². The number of benzene rings is 1. The maximum atomic E-state index is 12.2. The van der Waals surface area contributed by atoms with E-state index in [9.17, 15) is 29.7 Å². The summed E-state index contributed by atoms with van der Waals surface area (Å²) in [5.41, 5.74) is 4.54. The zero-order valence-corrected chi connectivity index (χ0v) is 12.0. The van der Waals surface area contributed by atoms with Crippen molar-refractivity contribution in [2.45, 2.75) is 18.0 Å². The molecule has 0 saturated heterocycles. The predicted octanol–water partition coefficient (Wildman–Crippen LogP) is -0.377. The second-order valence-electron chi connectivity index (χ2n) is 6.14. The third kappa shape index (κ3) is 2.31. The highest BCUT2D eigenvalue weighted by molar-refractivity contribution is 5.95. The first-order valence-electron chi connectivity index (χ1n) is 7.10. The van der Waals surface area contributed by atoms with Gasteiger partial charge in [-0.2, -0.15) is 0 Å². The normalized spacial score (nSPS) is 34.5. The lowest BCUT2D eigenvalue weighted by Crippen LogP contribution is -2.52. The molecule has 8 heteroatoms. The van der Waals surface area contributed by atoms with E-state index < -0.39 is 47.2 Å². The van der Waals surface area contributed by atoms with E-state index in [1.165, 1.54) is 24.3 Å². The Balaban J connectivity index is 1.78. The maximum Gasteiger partial charge on any atom is 0.324 e. The maximum absolute atomic E-state index is 12.2. The van der Waals surface area contributed by atoms with E-state index in [-0.39, 0.29) is 17.7 Å². The van der Waals surface area contributed by atoms with E-state index in [4.69, 9.17) is 5.73 Å². The highest BCUT2D eigenvalue weighted by Gasteiger charge is 2.74. The summed E-state index contributed by atoms with van der Waals surface area (Å²) >= 11 is 0. The number of carboxylic acid groups (broad SMARTS) is 2. The van der Waals surface area contributed by atoms with Gasteiger partial charge < -0.3 is 26.4 Å². The Morgan fingerprint density at radius 2 is 1.78 bits per heavy atom. The van der Waals surface area contributed by atoms with Gasteiger partial charge in [-0.25, -0.2) is 0 Å². The summed E-state index contributed by atoms with van der Waals surface area (Å²) in [6, 6.07) is 4.95. The molecule has 3 rings (SSSR count). The summed E-state index contributed by atoms with van der Waals surface area (Å²) in [5, 5.41) is 30.4. The van der Waals surface area contributed by atoms with Gasteiger partial charge in [-0.15, -0.1) is 0 Å². The van der Waals surface area contributed by atoms with Crippen LogP contribution in [0.15, 0.2) is 24.3 Å². The van der Waals surface area contributed by atoms with E-state index in [1.807, 2.05) is 0 Å². The quantitative estimate of drug-likeness (QED) is 0.507. The van der Waals surface area contributed by atoms with Crippen LogP contribution in [0.3, 0.4) is 0 Å². The zero-order chi connectivity index (χ0) is 16.9. The molecule has 5 unspecified atom stereocenters. The summed E-state index contributed by atoms with van der Waals surface area (Å²) in [6.45, 7) is 0. The number of nitrogens with two attached hydrogens (primary N) is 1. The van der Waals surface area contributed by atoms with Crippen LogP contribution in [0.25, 0.3) is 0 Å². The number of rotatable bonds is 4. The standard InChI is InChI=1S/C15H16N2O6/c16-15(14(22)23)5-8(9-10(11(9)15)13(20)21)17-12(19)6-1-3-7(18)4-2-6/h1-4,8-11,18H,5,16H2,(H,17,19)(H,20,21)(H,22,23). The molecule has 23 heavy (non-hydrogen) atoms. The summed E-state index contributed by atoms with van der Waals surface area (Å²) in [4.78, 5) is 34.8. The molecule has 0 spiro atoms. The Hall–Kier alpha value is -2.61. The molecule has 8 nitrogen and oxygen atoms in total. The van der Waals surface area contributed by atoms with E-state index in [0.717, 1.165) is 0 Å². The molecule has 2 aliphatic rings.